The molecule has 1 atom stereocenters. The van der Waals surface area contributed by atoms with Gasteiger partial charge in [0, 0.05) is 18.1 Å². The van der Waals surface area contributed by atoms with Gasteiger partial charge in [-0.05, 0) is 41.3 Å². The van der Waals surface area contributed by atoms with Gasteiger partial charge in [0.2, 0.25) is 0 Å². The number of hydrogen-bond donors (Lipinski definition) is 2. The molecule has 1 unspecified atom stereocenters. The summed E-state index contributed by atoms with van der Waals surface area (Å²) in [6.45, 7) is 0. The van der Waals surface area contributed by atoms with E-state index in [0.717, 1.165) is 22.4 Å². The summed E-state index contributed by atoms with van der Waals surface area (Å²) in [7, 11) is 1.60. The minimum atomic E-state index is -0.405. The van der Waals surface area contributed by atoms with Crippen molar-refractivity contribution in [2.45, 2.75) is 12.3 Å². The number of H-pyrrole nitrogens is 2. The van der Waals surface area contributed by atoms with Crippen molar-refractivity contribution in [3.8, 4) is 5.75 Å². The number of aromatic amines is 2. The Morgan fingerprint density at radius 2 is 1.93 bits per heavy atom. The van der Waals surface area contributed by atoms with Gasteiger partial charge in [-0.2, -0.15) is 0 Å². The van der Waals surface area contributed by atoms with Gasteiger partial charge in [0.05, 0.1) is 23.3 Å². The van der Waals surface area contributed by atoms with Crippen LogP contribution >= 0.6 is 0 Å². The van der Waals surface area contributed by atoms with Crippen molar-refractivity contribution in [3.05, 3.63) is 91.4 Å². The summed E-state index contributed by atoms with van der Waals surface area (Å²) in [6, 6.07) is 14.2. The number of nitro groups is 1. The largest absolute Gasteiger partial charge is 0.497 e. The van der Waals surface area contributed by atoms with Crippen molar-refractivity contribution in [1.29, 1.82) is 0 Å². The van der Waals surface area contributed by atoms with Gasteiger partial charge in [-0.1, -0.05) is 24.3 Å². The van der Waals surface area contributed by atoms with Gasteiger partial charge in [0.15, 0.2) is 0 Å². The highest BCUT2D eigenvalue weighted by atomic mass is 16.6. The number of allylic oxidation sites excluding steroid dienone is 1. The molecule has 2 N–H and O–H groups in total. The lowest BCUT2D eigenvalue weighted by Gasteiger charge is -2.23. The molecule has 0 fully saturated rings. The van der Waals surface area contributed by atoms with Crippen molar-refractivity contribution < 1.29 is 9.66 Å². The van der Waals surface area contributed by atoms with Crippen LogP contribution in [0.3, 0.4) is 0 Å². The van der Waals surface area contributed by atoms with Crippen LogP contribution in [0.15, 0.2) is 53.3 Å². The normalized spacial score (nSPS) is 15.7. The zero-order valence-corrected chi connectivity index (χ0v) is 14.6. The molecule has 0 aliphatic heterocycles. The molecular formula is C20H17N3O4. The Labute approximate surface area is 154 Å². The lowest BCUT2D eigenvalue weighted by molar-refractivity contribution is -0.384. The molecule has 1 aromatic heterocycles. The molecule has 3 aromatic rings. The van der Waals surface area contributed by atoms with Gasteiger partial charge in [-0.25, -0.2) is 0 Å². The molecule has 0 radical (unpaired) electrons. The molecule has 7 heteroatoms. The van der Waals surface area contributed by atoms with Gasteiger partial charge in [-0.15, -0.1) is 0 Å². The molecular weight excluding hydrogens is 346 g/mol. The zero-order valence-electron chi connectivity index (χ0n) is 14.6. The lowest BCUT2D eigenvalue weighted by Crippen LogP contribution is -2.16. The second-order valence-corrected chi connectivity index (χ2v) is 6.41. The van der Waals surface area contributed by atoms with Gasteiger partial charge in [0.1, 0.15) is 5.75 Å². The topological polar surface area (TPSA) is 101 Å². The minimum absolute atomic E-state index is 0.0442. The Bertz CT molecular complexity index is 1090. The first-order chi connectivity index (χ1) is 13.1. The third-order valence-corrected chi connectivity index (χ3v) is 4.88. The smallest absolute Gasteiger partial charge is 0.270 e. The van der Waals surface area contributed by atoms with E-state index in [1.165, 1.54) is 6.07 Å². The summed E-state index contributed by atoms with van der Waals surface area (Å²) < 4.78 is 5.21. The first kappa shape index (κ1) is 16.8. The predicted octanol–water partition coefficient (Wildman–Crippen LogP) is 3.70. The van der Waals surface area contributed by atoms with Crippen LogP contribution in [0.2, 0.25) is 0 Å². The van der Waals surface area contributed by atoms with Crippen molar-refractivity contribution >= 4 is 17.3 Å². The standard InChI is InChI=1S/C20H17N3O4/c1-27-16-7-5-12(6-8-16)17-10-14(11-18-19(17)20(24)22-21-18)13-3-2-4-15(9-13)23(25)26/h2-9,11,17H,10H2,1H3,(H2,21,22,24). The Morgan fingerprint density at radius 3 is 2.63 bits per heavy atom. The molecule has 0 bridgehead atoms. The van der Waals surface area contributed by atoms with E-state index < -0.39 is 4.92 Å². The highest BCUT2D eigenvalue weighted by molar-refractivity contribution is 5.85. The van der Waals surface area contributed by atoms with Gasteiger partial charge in [0.25, 0.3) is 11.2 Å². The Kier molecular flexibility index (Phi) is 4.12. The van der Waals surface area contributed by atoms with Gasteiger partial charge >= 0.3 is 0 Å². The second kappa shape index (κ2) is 6.60. The first-order valence-electron chi connectivity index (χ1n) is 8.46. The van der Waals surface area contributed by atoms with Crippen molar-refractivity contribution in [1.82, 2.24) is 10.2 Å². The fourth-order valence-electron chi connectivity index (χ4n) is 3.54. The Hall–Kier alpha value is -3.61. The van der Waals surface area contributed by atoms with E-state index in [9.17, 15) is 14.9 Å². The van der Waals surface area contributed by atoms with E-state index in [1.54, 1.807) is 19.2 Å². The number of aromatic nitrogens is 2. The minimum Gasteiger partial charge on any atom is -0.497 e. The van der Waals surface area contributed by atoms with Crippen LogP contribution in [0.4, 0.5) is 5.69 Å². The number of hydrogen-bond acceptors (Lipinski definition) is 4. The molecule has 0 saturated heterocycles. The number of non-ortho nitro benzene ring substituents is 1. The fourth-order valence-corrected chi connectivity index (χ4v) is 3.54. The molecule has 136 valence electrons. The van der Waals surface area contributed by atoms with E-state index in [1.807, 2.05) is 36.4 Å². The maximum absolute atomic E-state index is 12.3. The number of ether oxygens (including phenoxy) is 1. The number of rotatable bonds is 4. The van der Waals surface area contributed by atoms with Crippen LogP contribution in [0, 0.1) is 10.1 Å². The molecule has 0 spiro atoms. The third-order valence-electron chi connectivity index (χ3n) is 4.88. The van der Waals surface area contributed by atoms with Crippen LogP contribution in [-0.4, -0.2) is 22.2 Å². The van der Waals surface area contributed by atoms with Crippen molar-refractivity contribution in [3.63, 3.8) is 0 Å². The summed E-state index contributed by atoms with van der Waals surface area (Å²) in [5, 5.41) is 16.7. The van der Waals surface area contributed by atoms with E-state index >= 15 is 0 Å². The highest BCUT2D eigenvalue weighted by Crippen LogP contribution is 2.40. The number of fused-ring (bicyclic) bond motifs is 1. The Morgan fingerprint density at radius 1 is 1.15 bits per heavy atom. The number of nitrogens with zero attached hydrogens (tertiary/aromatic N) is 1. The van der Waals surface area contributed by atoms with Crippen LogP contribution in [0.1, 0.15) is 34.7 Å². The molecule has 0 amide bonds. The number of benzene rings is 2. The van der Waals surface area contributed by atoms with Gasteiger partial charge < -0.3 is 4.74 Å². The summed E-state index contributed by atoms with van der Waals surface area (Å²) >= 11 is 0. The lowest BCUT2D eigenvalue weighted by atomic mass is 9.80. The van der Waals surface area contributed by atoms with Crippen LogP contribution in [0.25, 0.3) is 11.6 Å². The van der Waals surface area contributed by atoms with E-state index in [-0.39, 0.29) is 17.2 Å². The van der Waals surface area contributed by atoms with Gasteiger partial charge in [-0.3, -0.25) is 25.1 Å². The number of methoxy groups -OCH3 is 1. The molecule has 1 aliphatic rings. The van der Waals surface area contributed by atoms with E-state index in [4.69, 9.17) is 4.74 Å². The summed E-state index contributed by atoms with van der Waals surface area (Å²) in [5.74, 6) is 0.590. The van der Waals surface area contributed by atoms with Crippen LogP contribution < -0.4 is 10.3 Å². The molecule has 4 rings (SSSR count). The summed E-state index contributed by atoms with van der Waals surface area (Å²) in [4.78, 5) is 23.0. The van der Waals surface area contributed by atoms with Crippen LogP contribution in [0.5, 0.6) is 5.75 Å². The Balaban J connectivity index is 1.80. The van der Waals surface area contributed by atoms with Crippen molar-refractivity contribution in [2.75, 3.05) is 7.11 Å². The summed E-state index contributed by atoms with van der Waals surface area (Å²) in [5.41, 5.74) is 3.96. The number of nitrogens with one attached hydrogen (secondary N) is 2. The third kappa shape index (κ3) is 3.03. The first-order valence-corrected chi connectivity index (χ1v) is 8.46. The van der Waals surface area contributed by atoms with E-state index in [2.05, 4.69) is 10.2 Å². The van der Waals surface area contributed by atoms with Crippen LogP contribution in [-0.2, 0) is 0 Å². The monoisotopic (exact) mass is 363 g/mol. The van der Waals surface area contributed by atoms with E-state index in [0.29, 0.717) is 17.7 Å². The SMILES string of the molecule is COc1ccc(C2CC(c3cccc([N+](=O)[O-])c3)=Cc3[nH][nH]c(=O)c32)cc1. The predicted molar refractivity (Wildman–Crippen MR) is 102 cm³/mol. The quantitative estimate of drug-likeness (QED) is 0.545. The second-order valence-electron chi connectivity index (χ2n) is 6.41. The average Bonchev–Trinajstić information content (AvgIpc) is 3.08. The maximum Gasteiger partial charge on any atom is 0.270 e. The summed E-state index contributed by atoms with van der Waals surface area (Å²) in [6.07, 6.45) is 2.45. The molecule has 1 aliphatic carbocycles. The maximum atomic E-state index is 12.3. The average molecular weight is 363 g/mol. The van der Waals surface area contributed by atoms with Crippen molar-refractivity contribution in [2.24, 2.45) is 0 Å². The molecule has 27 heavy (non-hydrogen) atoms. The fraction of sp³-hybridized carbons (Fsp3) is 0.150. The molecule has 2 aromatic carbocycles. The molecule has 7 nitrogen and oxygen atoms in total. The highest BCUT2D eigenvalue weighted by Gasteiger charge is 2.28. The zero-order chi connectivity index (χ0) is 19.0. The molecule has 0 saturated carbocycles. The molecule has 1 heterocycles. The number of nitro benzene ring substituents is 1.